The molecule has 2 rings (SSSR count). The Morgan fingerprint density at radius 2 is 1.72 bits per heavy atom. The second-order valence-corrected chi connectivity index (χ2v) is 3.87. The Hall–Kier alpha value is -2.57. The first-order valence-electron chi connectivity index (χ1n) is 5.13. The third-order valence-electron chi connectivity index (χ3n) is 2.28. The summed E-state index contributed by atoms with van der Waals surface area (Å²) >= 11 is 0. The Labute approximate surface area is 102 Å². The van der Waals surface area contributed by atoms with Crippen LogP contribution in [0.2, 0.25) is 0 Å². The van der Waals surface area contributed by atoms with Crippen LogP contribution in [-0.2, 0) is 9.59 Å². The summed E-state index contributed by atoms with van der Waals surface area (Å²) in [6, 6.07) is 2.51. The van der Waals surface area contributed by atoms with Gasteiger partial charge in [-0.25, -0.2) is 4.79 Å². The van der Waals surface area contributed by atoms with E-state index < -0.39 is 17.8 Å². The van der Waals surface area contributed by atoms with Gasteiger partial charge in [-0.2, -0.15) is 0 Å². The third kappa shape index (κ3) is 2.24. The molecule has 0 aromatic carbocycles. The van der Waals surface area contributed by atoms with E-state index >= 15 is 0 Å². The summed E-state index contributed by atoms with van der Waals surface area (Å²) in [7, 11) is 3.60. The van der Waals surface area contributed by atoms with Gasteiger partial charge in [0, 0.05) is 20.2 Å². The molecule has 1 fully saturated rings. The number of hydrogen-bond acceptors (Lipinski definition) is 5. The molecule has 7 heteroatoms. The minimum absolute atomic E-state index is 0.172. The van der Waals surface area contributed by atoms with Crippen LogP contribution in [0.25, 0.3) is 6.08 Å². The molecule has 94 valence electrons. The van der Waals surface area contributed by atoms with E-state index in [9.17, 15) is 14.4 Å². The lowest BCUT2D eigenvalue weighted by Gasteiger charge is -2.13. The molecule has 0 radical (unpaired) electrons. The molecular weight excluding hydrogens is 238 g/mol. The predicted molar refractivity (Wildman–Crippen MR) is 62.7 cm³/mol. The number of urea groups is 1. The standard InChI is InChI=1S/C11H11N3O4/c1-14(2)8-4-3-6(18-8)5-7-9(15)12-11(17)13-10(7)16/h3-5H,1-2H3,(H2,12,13,15,16,17). The topological polar surface area (TPSA) is 91.7 Å². The van der Waals surface area contributed by atoms with Gasteiger partial charge in [0.15, 0.2) is 5.88 Å². The summed E-state index contributed by atoms with van der Waals surface area (Å²) in [6.07, 6.45) is 1.28. The van der Waals surface area contributed by atoms with Crippen LogP contribution in [-0.4, -0.2) is 31.9 Å². The van der Waals surface area contributed by atoms with E-state index in [1.54, 1.807) is 31.1 Å². The van der Waals surface area contributed by atoms with E-state index in [1.165, 1.54) is 6.08 Å². The summed E-state index contributed by atoms with van der Waals surface area (Å²) in [5.74, 6) is -0.541. The van der Waals surface area contributed by atoms with E-state index in [1.807, 2.05) is 10.6 Å². The number of hydrogen-bond donors (Lipinski definition) is 2. The van der Waals surface area contributed by atoms with Gasteiger partial charge in [0.25, 0.3) is 11.8 Å². The van der Waals surface area contributed by atoms with Gasteiger partial charge < -0.3 is 9.32 Å². The number of nitrogens with zero attached hydrogens (tertiary/aromatic N) is 1. The van der Waals surface area contributed by atoms with Crippen molar-refractivity contribution >= 4 is 29.8 Å². The largest absolute Gasteiger partial charge is 0.441 e. The first-order valence-corrected chi connectivity index (χ1v) is 5.13. The Kier molecular flexibility index (Phi) is 2.88. The zero-order chi connectivity index (χ0) is 13.3. The minimum atomic E-state index is -0.824. The number of imide groups is 2. The average Bonchev–Trinajstić information content (AvgIpc) is 2.71. The molecule has 1 aromatic rings. The minimum Gasteiger partial charge on any atom is -0.441 e. The molecule has 0 bridgehead atoms. The summed E-state index contributed by atoms with van der Waals surface area (Å²) in [5.41, 5.74) is -0.172. The highest BCUT2D eigenvalue weighted by Crippen LogP contribution is 2.18. The zero-order valence-electron chi connectivity index (χ0n) is 9.81. The SMILES string of the molecule is CN(C)c1ccc(C=C2C(=O)NC(=O)NC2=O)o1. The van der Waals surface area contributed by atoms with E-state index in [0.29, 0.717) is 11.6 Å². The van der Waals surface area contributed by atoms with Crippen molar-refractivity contribution < 1.29 is 18.8 Å². The smallest absolute Gasteiger partial charge is 0.328 e. The number of barbiturate groups is 1. The van der Waals surface area contributed by atoms with E-state index in [2.05, 4.69) is 0 Å². The van der Waals surface area contributed by atoms with E-state index in [4.69, 9.17) is 4.42 Å². The van der Waals surface area contributed by atoms with Crippen LogP contribution in [0.4, 0.5) is 10.7 Å². The second kappa shape index (κ2) is 4.36. The average molecular weight is 249 g/mol. The van der Waals surface area contributed by atoms with Gasteiger partial charge in [-0.1, -0.05) is 0 Å². The molecule has 18 heavy (non-hydrogen) atoms. The molecule has 0 unspecified atom stereocenters. The van der Waals surface area contributed by atoms with E-state index in [-0.39, 0.29) is 5.57 Å². The van der Waals surface area contributed by atoms with Crippen molar-refractivity contribution in [3.8, 4) is 0 Å². The van der Waals surface area contributed by atoms with Crippen molar-refractivity contribution in [1.29, 1.82) is 0 Å². The summed E-state index contributed by atoms with van der Waals surface area (Å²) in [6.45, 7) is 0. The van der Waals surface area contributed by atoms with Crippen molar-refractivity contribution in [3.63, 3.8) is 0 Å². The Bertz CT molecular complexity index is 534. The van der Waals surface area contributed by atoms with Gasteiger partial charge in [-0.3, -0.25) is 20.2 Å². The number of nitrogens with one attached hydrogen (secondary N) is 2. The van der Waals surface area contributed by atoms with Gasteiger partial charge in [0.05, 0.1) is 0 Å². The maximum atomic E-state index is 11.4. The molecule has 1 saturated heterocycles. The molecular formula is C11H11N3O4. The number of amides is 4. The number of rotatable bonds is 2. The van der Waals surface area contributed by atoms with Crippen LogP contribution < -0.4 is 15.5 Å². The molecule has 1 aliphatic rings. The summed E-state index contributed by atoms with van der Waals surface area (Å²) < 4.78 is 5.38. The normalized spacial score (nSPS) is 15.2. The fourth-order valence-electron chi connectivity index (χ4n) is 1.41. The molecule has 2 N–H and O–H groups in total. The van der Waals surface area contributed by atoms with Gasteiger partial charge >= 0.3 is 6.03 Å². The predicted octanol–water partition coefficient (Wildman–Crippen LogP) is 0.0950. The van der Waals surface area contributed by atoms with Gasteiger partial charge in [0.1, 0.15) is 11.3 Å². The van der Waals surface area contributed by atoms with Crippen LogP contribution in [0.5, 0.6) is 0 Å². The van der Waals surface area contributed by atoms with Crippen molar-refractivity contribution in [2.45, 2.75) is 0 Å². The second-order valence-electron chi connectivity index (χ2n) is 3.87. The fourth-order valence-corrected chi connectivity index (χ4v) is 1.41. The number of furan rings is 1. The highest BCUT2D eigenvalue weighted by molar-refractivity contribution is 6.30. The molecule has 2 heterocycles. The molecule has 7 nitrogen and oxygen atoms in total. The van der Waals surface area contributed by atoms with Crippen LogP contribution >= 0.6 is 0 Å². The molecule has 0 spiro atoms. The fraction of sp³-hybridized carbons (Fsp3) is 0.182. The Balaban J connectivity index is 2.28. The van der Waals surface area contributed by atoms with Crippen molar-refractivity contribution in [2.24, 2.45) is 0 Å². The molecule has 1 aromatic heterocycles. The van der Waals surface area contributed by atoms with Gasteiger partial charge in [-0.15, -0.1) is 0 Å². The van der Waals surface area contributed by atoms with Crippen LogP contribution in [0.15, 0.2) is 22.1 Å². The maximum absolute atomic E-state index is 11.4. The highest BCUT2D eigenvalue weighted by Gasteiger charge is 2.28. The lowest BCUT2D eigenvalue weighted by Crippen LogP contribution is -2.51. The monoisotopic (exact) mass is 249 g/mol. The van der Waals surface area contributed by atoms with E-state index in [0.717, 1.165) is 0 Å². The van der Waals surface area contributed by atoms with Crippen molar-refractivity contribution in [3.05, 3.63) is 23.5 Å². The van der Waals surface area contributed by atoms with Crippen LogP contribution in [0, 0.1) is 0 Å². The molecule has 4 amide bonds. The maximum Gasteiger partial charge on any atom is 0.328 e. The van der Waals surface area contributed by atoms with Crippen molar-refractivity contribution in [2.75, 3.05) is 19.0 Å². The summed E-state index contributed by atoms with van der Waals surface area (Å²) in [4.78, 5) is 35.5. The van der Waals surface area contributed by atoms with Crippen LogP contribution in [0.3, 0.4) is 0 Å². The van der Waals surface area contributed by atoms with Crippen molar-refractivity contribution in [1.82, 2.24) is 10.6 Å². The lowest BCUT2D eigenvalue weighted by molar-refractivity contribution is -0.123. The molecule has 0 atom stereocenters. The Morgan fingerprint density at radius 1 is 1.11 bits per heavy atom. The quantitative estimate of drug-likeness (QED) is 0.572. The van der Waals surface area contributed by atoms with Crippen LogP contribution in [0.1, 0.15) is 5.76 Å². The first kappa shape index (κ1) is 11.9. The number of carbonyl (C=O) groups excluding carboxylic acids is 3. The number of anilines is 1. The zero-order valence-corrected chi connectivity index (χ0v) is 9.81. The molecule has 1 aliphatic heterocycles. The highest BCUT2D eigenvalue weighted by atomic mass is 16.4. The molecule has 0 saturated carbocycles. The van der Waals surface area contributed by atoms with Gasteiger partial charge in [0.2, 0.25) is 0 Å². The third-order valence-corrected chi connectivity index (χ3v) is 2.28. The lowest BCUT2D eigenvalue weighted by atomic mass is 10.1. The first-order chi connectivity index (χ1) is 8.47. The Morgan fingerprint density at radius 3 is 2.22 bits per heavy atom. The summed E-state index contributed by atoms with van der Waals surface area (Å²) in [5, 5.41) is 3.96. The molecule has 0 aliphatic carbocycles. The van der Waals surface area contributed by atoms with Gasteiger partial charge in [-0.05, 0) is 12.1 Å². The number of carbonyl (C=O) groups is 3.